The van der Waals surface area contributed by atoms with Gasteiger partial charge in [-0.2, -0.15) is 0 Å². The molecule has 0 bridgehead atoms. The fourth-order valence-corrected chi connectivity index (χ4v) is 2.11. The molecule has 2 N–H and O–H groups in total. The first kappa shape index (κ1) is 10.6. The highest BCUT2D eigenvalue weighted by atomic mass is 79.9. The summed E-state index contributed by atoms with van der Waals surface area (Å²) < 4.78 is 1.02. The van der Waals surface area contributed by atoms with Gasteiger partial charge >= 0.3 is 0 Å². The molecule has 0 aliphatic rings. The average molecular weight is 280 g/mol. The maximum atomic E-state index is 5.94. The van der Waals surface area contributed by atoms with Gasteiger partial charge < -0.3 is 5.73 Å². The summed E-state index contributed by atoms with van der Waals surface area (Å²) in [6.45, 7) is 0. The topological polar surface area (TPSA) is 26.0 Å². The van der Waals surface area contributed by atoms with Gasteiger partial charge in [0, 0.05) is 20.6 Å². The second-order valence-electron chi connectivity index (χ2n) is 3.25. The molecule has 2 aromatic rings. The van der Waals surface area contributed by atoms with Crippen LogP contribution in [-0.2, 0) is 0 Å². The van der Waals surface area contributed by atoms with Crippen molar-refractivity contribution in [3.05, 3.63) is 46.9 Å². The minimum Gasteiger partial charge on any atom is -0.398 e. The van der Waals surface area contributed by atoms with Crippen LogP contribution < -0.4 is 5.73 Å². The van der Waals surface area contributed by atoms with Crippen LogP contribution in [0.2, 0.25) is 0 Å². The molecule has 0 aromatic heterocycles. The zero-order valence-electron chi connectivity index (χ0n) is 7.94. The number of nitrogens with two attached hydrogens (primary N) is 1. The standard InChI is InChI=1S/C12H10BrNS/c13-8-5-6-11(14)10(7-8)9-3-1-2-4-12(9)15/h1-7,15H,14H2. The molecular formula is C12H10BrNS. The van der Waals surface area contributed by atoms with Crippen LogP contribution in [0, 0.1) is 0 Å². The lowest BCUT2D eigenvalue weighted by Crippen LogP contribution is -1.90. The number of halogens is 1. The van der Waals surface area contributed by atoms with Crippen molar-refractivity contribution in [2.45, 2.75) is 4.90 Å². The number of thiol groups is 1. The fraction of sp³-hybridized carbons (Fsp3) is 0. The van der Waals surface area contributed by atoms with Crippen molar-refractivity contribution >= 4 is 34.2 Å². The Morgan fingerprint density at radius 2 is 1.73 bits per heavy atom. The van der Waals surface area contributed by atoms with Crippen LogP contribution in [-0.4, -0.2) is 0 Å². The maximum absolute atomic E-state index is 5.94. The monoisotopic (exact) mass is 279 g/mol. The molecule has 0 fully saturated rings. The summed E-state index contributed by atoms with van der Waals surface area (Å²) in [6, 6.07) is 13.7. The Labute approximate surface area is 103 Å². The van der Waals surface area contributed by atoms with Crippen molar-refractivity contribution in [1.82, 2.24) is 0 Å². The Morgan fingerprint density at radius 1 is 1.00 bits per heavy atom. The average Bonchev–Trinajstić information content (AvgIpc) is 2.23. The van der Waals surface area contributed by atoms with Crippen LogP contribution in [0.4, 0.5) is 5.69 Å². The number of rotatable bonds is 1. The summed E-state index contributed by atoms with van der Waals surface area (Å²) in [7, 11) is 0. The second-order valence-corrected chi connectivity index (χ2v) is 4.65. The van der Waals surface area contributed by atoms with Crippen LogP contribution in [0.15, 0.2) is 51.8 Å². The van der Waals surface area contributed by atoms with Gasteiger partial charge in [-0.15, -0.1) is 12.6 Å². The molecule has 0 unspecified atom stereocenters. The molecule has 2 rings (SSSR count). The van der Waals surface area contributed by atoms with Crippen molar-refractivity contribution in [2.24, 2.45) is 0 Å². The van der Waals surface area contributed by atoms with E-state index in [0.29, 0.717) is 0 Å². The smallest absolute Gasteiger partial charge is 0.0394 e. The maximum Gasteiger partial charge on any atom is 0.0394 e. The highest BCUT2D eigenvalue weighted by Crippen LogP contribution is 2.32. The van der Waals surface area contributed by atoms with Gasteiger partial charge in [-0.05, 0) is 29.8 Å². The minimum absolute atomic E-state index is 0.764. The van der Waals surface area contributed by atoms with Crippen LogP contribution >= 0.6 is 28.6 Å². The number of benzene rings is 2. The molecule has 0 saturated carbocycles. The van der Waals surface area contributed by atoms with E-state index >= 15 is 0 Å². The Balaban J connectivity index is 2.64. The van der Waals surface area contributed by atoms with Gasteiger partial charge in [0.05, 0.1) is 0 Å². The number of nitrogen functional groups attached to an aromatic ring is 1. The van der Waals surface area contributed by atoms with E-state index in [-0.39, 0.29) is 0 Å². The predicted molar refractivity (Wildman–Crippen MR) is 71.2 cm³/mol. The zero-order chi connectivity index (χ0) is 10.8. The highest BCUT2D eigenvalue weighted by molar-refractivity contribution is 9.10. The van der Waals surface area contributed by atoms with E-state index in [1.807, 2.05) is 42.5 Å². The molecule has 0 atom stereocenters. The van der Waals surface area contributed by atoms with Crippen LogP contribution in [0.5, 0.6) is 0 Å². The van der Waals surface area contributed by atoms with Gasteiger partial charge in [0.25, 0.3) is 0 Å². The molecule has 0 radical (unpaired) electrons. The van der Waals surface area contributed by atoms with Gasteiger partial charge in [-0.3, -0.25) is 0 Å². The third-order valence-electron chi connectivity index (χ3n) is 2.21. The molecule has 0 saturated heterocycles. The molecule has 0 aliphatic heterocycles. The number of hydrogen-bond acceptors (Lipinski definition) is 2. The molecule has 2 aromatic carbocycles. The van der Waals surface area contributed by atoms with Crippen LogP contribution in [0.3, 0.4) is 0 Å². The Kier molecular flexibility index (Phi) is 3.03. The Morgan fingerprint density at radius 3 is 2.47 bits per heavy atom. The summed E-state index contributed by atoms with van der Waals surface area (Å²) in [5.74, 6) is 0. The van der Waals surface area contributed by atoms with Crippen LogP contribution in [0.1, 0.15) is 0 Å². The summed E-state index contributed by atoms with van der Waals surface area (Å²) in [5, 5.41) is 0. The second kappa shape index (κ2) is 4.29. The lowest BCUT2D eigenvalue weighted by molar-refractivity contribution is 1.45. The van der Waals surface area contributed by atoms with Crippen molar-refractivity contribution in [1.29, 1.82) is 0 Å². The quantitative estimate of drug-likeness (QED) is 0.599. The molecule has 0 spiro atoms. The van der Waals surface area contributed by atoms with E-state index < -0.39 is 0 Å². The molecule has 0 amide bonds. The summed E-state index contributed by atoms with van der Waals surface area (Å²) >= 11 is 7.86. The fourth-order valence-electron chi connectivity index (χ4n) is 1.46. The third-order valence-corrected chi connectivity index (χ3v) is 3.09. The molecule has 76 valence electrons. The molecule has 0 heterocycles. The van der Waals surface area contributed by atoms with E-state index in [2.05, 4.69) is 28.6 Å². The largest absolute Gasteiger partial charge is 0.398 e. The lowest BCUT2D eigenvalue weighted by Gasteiger charge is -2.08. The highest BCUT2D eigenvalue weighted by Gasteiger charge is 2.05. The van der Waals surface area contributed by atoms with E-state index in [1.165, 1.54) is 0 Å². The van der Waals surface area contributed by atoms with Gasteiger partial charge in [0.2, 0.25) is 0 Å². The lowest BCUT2D eigenvalue weighted by atomic mass is 10.0. The Hall–Kier alpha value is -0.930. The molecule has 0 aliphatic carbocycles. The summed E-state index contributed by atoms with van der Waals surface area (Å²) in [6.07, 6.45) is 0. The van der Waals surface area contributed by atoms with Gasteiger partial charge in [0.1, 0.15) is 0 Å². The van der Waals surface area contributed by atoms with E-state index in [9.17, 15) is 0 Å². The van der Waals surface area contributed by atoms with E-state index in [1.54, 1.807) is 0 Å². The number of hydrogen-bond donors (Lipinski definition) is 2. The molecular weight excluding hydrogens is 270 g/mol. The third kappa shape index (κ3) is 2.19. The normalized spacial score (nSPS) is 10.3. The van der Waals surface area contributed by atoms with Crippen LogP contribution in [0.25, 0.3) is 11.1 Å². The van der Waals surface area contributed by atoms with Gasteiger partial charge in [-0.1, -0.05) is 34.1 Å². The predicted octanol–water partition coefficient (Wildman–Crippen LogP) is 3.99. The molecule has 1 nitrogen and oxygen atoms in total. The Bertz CT molecular complexity index is 497. The van der Waals surface area contributed by atoms with Gasteiger partial charge in [0.15, 0.2) is 0 Å². The number of anilines is 1. The first-order valence-corrected chi connectivity index (χ1v) is 5.76. The van der Waals surface area contributed by atoms with E-state index in [4.69, 9.17) is 5.73 Å². The van der Waals surface area contributed by atoms with Gasteiger partial charge in [-0.25, -0.2) is 0 Å². The van der Waals surface area contributed by atoms with E-state index in [0.717, 1.165) is 26.2 Å². The van der Waals surface area contributed by atoms with Crippen molar-refractivity contribution in [3.63, 3.8) is 0 Å². The summed E-state index contributed by atoms with van der Waals surface area (Å²) in [4.78, 5) is 0.933. The zero-order valence-corrected chi connectivity index (χ0v) is 10.4. The summed E-state index contributed by atoms with van der Waals surface area (Å²) in [5.41, 5.74) is 8.76. The first-order chi connectivity index (χ1) is 7.18. The minimum atomic E-state index is 0.764. The molecule has 3 heteroatoms. The first-order valence-electron chi connectivity index (χ1n) is 4.52. The molecule has 15 heavy (non-hydrogen) atoms. The van der Waals surface area contributed by atoms with Crippen molar-refractivity contribution < 1.29 is 0 Å². The SMILES string of the molecule is Nc1ccc(Br)cc1-c1ccccc1S. The van der Waals surface area contributed by atoms with Crippen molar-refractivity contribution in [3.8, 4) is 11.1 Å². The van der Waals surface area contributed by atoms with Crippen molar-refractivity contribution in [2.75, 3.05) is 5.73 Å².